The lowest BCUT2D eigenvalue weighted by atomic mass is 10.2. The van der Waals surface area contributed by atoms with E-state index in [1.807, 2.05) is 29.2 Å². The molecule has 1 amide bonds. The summed E-state index contributed by atoms with van der Waals surface area (Å²) in [5.41, 5.74) is 1.89. The van der Waals surface area contributed by atoms with Crippen LogP contribution in [0.15, 0.2) is 42.6 Å². The molecule has 2 aliphatic heterocycles. The van der Waals surface area contributed by atoms with Crippen molar-refractivity contribution in [1.82, 2.24) is 15.1 Å². The second kappa shape index (κ2) is 9.24. The van der Waals surface area contributed by atoms with Crippen LogP contribution in [0.3, 0.4) is 0 Å². The molecule has 1 aromatic heterocycles. The van der Waals surface area contributed by atoms with Crippen LogP contribution in [0.5, 0.6) is 0 Å². The molecule has 0 atom stereocenters. The predicted molar refractivity (Wildman–Crippen MR) is 114 cm³/mol. The summed E-state index contributed by atoms with van der Waals surface area (Å²) in [4.78, 5) is 18.8. The molecule has 0 saturated carbocycles. The van der Waals surface area contributed by atoms with Crippen molar-refractivity contribution in [2.24, 2.45) is 0 Å². The van der Waals surface area contributed by atoms with Crippen LogP contribution in [0.4, 0.5) is 11.5 Å². The van der Waals surface area contributed by atoms with Crippen molar-refractivity contribution in [2.75, 3.05) is 62.3 Å². The first kappa shape index (κ1) is 19.7. The van der Waals surface area contributed by atoms with Gasteiger partial charge in [0.05, 0.1) is 25.1 Å². The molecule has 0 N–H and O–H groups in total. The lowest BCUT2D eigenvalue weighted by Gasteiger charge is -2.36. The van der Waals surface area contributed by atoms with Crippen molar-refractivity contribution in [3.05, 3.63) is 53.2 Å². The Balaban J connectivity index is 1.34. The maximum atomic E-state index is 12.5. The van der Waals surface area contributed by atoms with Crippen LogP contribution >= 0.6 is 11.6 Å². The minimum absolute atomic E-state index is 0.00595. The van der Waals surface area contributed by atoms with Gasteiger partial charge in [-0.05, 0) is 17.7 Å². The highest BCUT2D eigenvalue weighted by Crippen LogP contribution is 2.21. The second-order valence-corrected chi connectivity index (χ2v) is 7.45. The summed E-state index contributed by atoms with van der Waals surface area (Å²) in [5.74, 6) is 0.887. The van der Waals surface area contributed by atoms with Gasteiger partial charge >= 0.3 is 0 Å². The van der Waals surface area contributed by atoms with Gasteiger partial charge in [0, 0.05) is 56.4 Å². The fourth-order valence-electron chi connectivity index (χ4n) is 3.53. The molecule has 0 unspecified atom stereocenters. The quantitative estimate of drug-likeness (QED) is 0.717. The molecule has 4 rings (SSSR count). The number of ether oxygens (including phenoxy) is 1. The Kier molecular flexibility index (Phi) is 6.27. The minimum atomic E-state index is 0.00595. The summed E-state index contributed by atoms with van der Waals surface area (Å²) < 4.78 is 5.41. The standard InChI is InChI=1S/C21H24ClN5O2/c22-19-4-2-1-3-17(19)5-6-21(28)27-9-7-25(8-10-27)18-15-20(24-23-16-18)26-11-13-29-14-12-26/h1-6,15-16H,7-14H2/b6-5+. The molecule has 29 heavy (non-hydrogen) atoms. The summed E-state index contributed by atoms with van der Waals surface area (Å²) in [6.45, 7) is 5.96. The van der Waals surface area contributed by atoms with Gasteiger partial charge in [-0.25, -0.2) is 0 Å². The highest BCUT2D eigenvalue weighted by atomic mass is 35.5. The highest BCUT2D eigenvalue weighted by Gasteiger charge is 2.21. The zero-order valence-corrected chi connectivity index (χ0v) is 17.0. The van der Waals surface area contributed by atoms with Crippen molar-refractivity contribution in [3.8, 4) is 0 Å². The highest BCUT2D eigenvalue weighted by molar-refractivity contribution is 6.32. The van der Waals surface area contributed by atoms with E-state index in [2.05, 4.69) is 26.1 Å². The number of morpholine rings is 1. The van der Waals surface area contributed by atoms with E-state index >= 15 is 0 Å². The van der Waals surface area contributed by atoms with Gasteiger partial charge in [0.25, 0.3) is 0 Å². The van der Waals surface area contributed by atoms with E-state index in [-0.39, 0.29) is 5.91 Å². The molecule has 0 spiro atoms. The number of carbonyl (C=O) groups is 1. The zero-order chi connectivity index (χ0) is 20.1. The molecular formula is C21H24ClN5O2. The van der Waals surface area contributed by atoms with Crippen LogP contribution in [0, 0.1) is 0 Å². The number of aromatic nitrogens is 2. The van der Waals surface area contributed by atoms with Gasteiger partial charge in [0.15, 0.2) is 5.82 Å². The molecule has 8 heteroatoms. The first-order valence-corrected chi connectivity index (χ1v) is 10.2. The van der Waals surface area contributed by atoms with Crippen LogP contribution in [0.1, 0.15) is 5.56 Å². The van der Waals surface area contributed by atoms with Crippen molar-refractivity contribution in [3.63, 3.8) is 0 Å². The summed E-state index contributed by atoms with van der Waals surface area (Å²) in [7, 11) is 0. The Labute approximate surface area is 175 Å². The van der Waals surface area contributed by atoms with E-state index in [9.17, 15) is 4.79 Å². The molecule has 2 aromatic rings. The first-order valence-electron chi connectivity index (χ1n) is 9.82. The number of anilines is 2. The zero-order valence-electron chi connectivity index (χ0n) is 16.2. The van der Waals surface area contributed by atoms with Gasteiger partial charge in [-0.2, -0.15) is 5.10 Å². The van der Waals surface area contributed by atoms with Crippen LogP contribution < -0.4 is 9.80 Å². The van der Waals surface area contributed by atoms with Crippen molar-refractivity contribution in [1.29, 1.82) is 0 Å². The van der Waals surface area contributed by atoms with E-state index < -0.39 is 0 Å². The van der Waals surface area contributed by atoms with Gasteiger partial charge in [-0.15, -0.1) is 5.10 Å². The normalized spacial score (nSPS) is 17.8. The summed E-state index contributed by atoms with van der Waals surface area (Å²) >= 11 is 6.15. The SMILES string of the molecule is O=C(/C=C/c1ccccc1Cl)N1CCN(c2cnnc(N3CCOCC3)c2)CC1. The molecule has 2 fully saturated rings. The molecule has 1 aromatic carbocycles. The third kappa shape index (κ3) is 4.86. The van der Waals surface area contributed by atoms with E-state index in [4.69, 9.17) is 16.3 Å². The Morgan fingerprint density at radius 3 is 2.55 bits per heavy atom. The van der Waals surface area contributed by atoms with Gasteiger partial charge in [-0.3, -0.25) is 4.79 Å². The third-order valence-corrected chi connectivity index (χ3v) is 5.57. The number of hydrogen-bond acceptors (Lipinski definition) is 6. The molecule has 2 aliphatic rings. The number of carbonyl (C=O) groups excluding carboxylic acids is 1. The lowest BCUT2D eigenvalue weighted by molar-refractivity contribution is -0.126. The summed E-state index contributed by atoms with van der Waals surface area (Å²) in [6.07, 6.45) is 5.17. The molecule has 0 radical (unpaired) electrons. The van der Waals surface area contributed by atoms with Gasteiger partial charge < -0.3 is 19.4 Å². The Hall–Kier alpha value is -2.64. The molecule has 0 bridgehead atoms. The molecule has 0 aliphatic carbocycles. The Morgan fingerprint density at radius 2 is 1.79 bits per heavy atom. The molecule has 7 nitrogen and oxygen atoms in total. The number of hydrogen-bond donors (Lipinski definition) is 0. The Bertz CT molecular complexity index is 877. The average molecular weight is 414 g/mol. The summed E-state index contributed by atoms with van der Waals surface area (Å²) in [5, 5.41) is 9.09. The number of benzene rings is 1. The van der Waals surface area contributed by atoms with E-state index in [1.165, 1.54) is 0 Å². The fourth-order valence-corrected chi connectivity index (χ4v) is 3.73. The molecule has 2 saturated heterocycles. The Morgan fingerprint density at radius 1 is 1.03 bits per heavy atom. The topological polar surface area (TPSA) is 61.8 Å². The van der Waals surface area contributed by atoms with Crippen LogP contribution in [0.25, 0.3) is 6.08 Å². The van der Waals surface area contributed by atoms with Gasteiger partial charge in [-0.1, -0.05) is 29.8 Å². The molecular weight excluding hydrogens is 390 g/mol. The number of rotatable bonds is 4. The van der Waals surface area contributed by atoms with Crippen molar-refractivity contribution < 1.29 is 9.53 Å². The average Bonchev–Trinajstić information content (AvgIpc) is 2.79. The number of nitrogens with zero attached hydrogens (tertiary/aromatic N) is 5. The minimum Gasteiger partial charge on any atom is -0.378 e. The van der Waals surface area contributed by atoms with Crippen molar-refractivity contribution in [2.45, 2.75) is 0 Å². The smallest absolute Gasteiger partial charge is 0.246 e. The van der Waals surface area contributed by atoms with Crippen LogP contribution in [0.2, 0.25) is 5.02 Å². The maximum absolute atomic E-state index is 12.5. The third-order valence-electron chi connectivity index (χ3n) is 5.23. The number of halogens is 1. The largest absolute Gasteiger partial charge is 0.378 e. The lowest BCUT2D eigenvalue weighted by Crippen LogP contribution is -2.48. The van der Waals surface area contributed by atoms with Crippen LogP contribution in [-0.4, -0.2) is 73.5 Å². The van der Waals surface area contributed by atoms with E-state index in [0.717, 1.165) is 43.2 Å². The number of piperazine rings is 1. The van der Waals surface area contributed by atoms with E-state index in [0.29, 0.717) is 31.3 Å². The first-order chi connectivity index (χ1) is 14.2. The van der Waals surface area contributed by atoms with Gasteiger partial charge in [0.2, 0.25) is 5.91 Å². The number of amides is 1. The fraction of sp³-hybridized carbons (Fsp3) is 0.381. The predicted octanol–water partition coefficient (Wildman–Crippen LogP) is 2.33. The summed E-state index contributed by atoms with van der Waals surface area (Å²) in [6, 6.07) is 9.57. The monoisotopic (exact) mass is 413 g/mol. The molecule has 152 valence electrons. The molecule has 3 heterocycles. The van der Waals surface area contributed by atoms with Crippen LogP contribution in [-0.2, 0) is 9.53 Å². The van der Waals surface area contributed by atoms with Crippen molar-refractivity contribution >= 4 is 35.1 Å². The van der Waals surface area contributed by atoms with Gasteiger partial charge in [0.1, 0.15) is 0 Å². The van der Waals surface area contributed by atoms with E-state index in [1.54, 1.807) is 18.3 Å². The second-order valence-electron chi connectivity index (χ2n) is 7.04. The maximum Gasteiger partial charge on any atom is 0.246 e.